The van der Waals surface area contributed by atoms with E-state index in [0.29, 0.717) is 11.8 Å². The third-order valence-electron chi connectivity index (χ3n) is 3.41. The fraction of sp³-hybridized carbons (Fsp3) is 0.176. The summed E-state index contributed by atoms with van der Waals surface area (Å²) in [6, 6.07) is 14.6. The van der Waals surface area contributed by atoms with Crippen LogP contribution in [-0.2, 0) is 0 Å². The largest absolute Gasteiger partial charge is 0.421 e. The minimum absolute atomic E-state index is 0.565. The molecule has 3 rings (SSSR count). The smallest absolute Gasteiger partial charge is 0.247 e. The lowest BCUT2D eigenvalue weighted by Crippen LogP contribution is -1.88. The van der Waals surface area contributed by atoms with Crippen LogP contribution in [-0.4, -0.2) is 10.2 Å². The van der Waals surface area contributed by atoms with Crippen molar-refractivity contribution in [2.75, 3.05) is 0 Å². The number of hydrogen-bond donors (Lipinski definition) is 0. The fourth-order valence-electron chi connectivity index (χ4n) is 2.49. The van der Waals surface area contributed by atoms with Gasteiger partial charge in [-0.2, -0.15) is 0 Å². The molecule has 2 aromatic carbocycles. The highest BCUT2D eigenvalue weighted by atomic mass is 16.4. The molecule has 0 aliphatic heterocycles. The molecule has 20 heavy (non-hydrogen) atoms. The summed E-state index contributed by atoms with van der Waals surface area (Å²) in [5, 5.41) is 7.96. The van der Waals surface area contributed by atoms with E-state index in [9.17, 15) is 0 Å². The minimum atomic E-state index is 0.565. The van der Waals surface area contributed by atoms with E-state index in [4.69, 9.17) is 4.42 Å². The molecule has 3 aromatic rings. The van der Waals surface area contributed by atoms with E-state index in [1.54, 1.807) is 6.92 Å². The lowest BCUT2D eigenvalue weighted by atomic mass is 9.95. The third kappa shape index (κ3) is 2.23. The zero-order valence-corrected chi connectivity index (χ0v) is 11.8. The molecule has 3 heteroatoms. The van der Waals surface area contributed by atoms with Crippen molar-refractivity contribution in [2.45, 2.75) is 20.8 Å². The van der Waals surface area contributed by atoms with Crippen LogP contribution in [0.3, 0.4) is 0 Å². The summed E-state index contributed by atoms with van der Waals surface area (Å²) >= 11 is 0. The molecular formula is C17H16N2O. The van der Waals surface area contributed by atoms with Gasteiger partial charge >= 0.3 is 0 Å². The summed E-state index contributed by atoms with van der Waals surface area (Å²) in [4.78, 5) is 0. The number of nitrogens with zero attached hydrogens (tertiary/aromatic N) is 2. The molecule has 0 aliphatic rings. The molecule has 0 spiro atoms. The van der Waals surface area contributed by atoms with Crippen molar-refractivity contribution in [1.82, 2.24) is 10.2 Å². The van der Waals surface area contributed by atoms with Crippen LogP contribution in [0.15, 0.2) is 46.9 Å². The van der Waals surface area contributed by atoms with E-state index >= 15 is 0 Å². The average Bonchev–Trinajstić information content (AvgIpc) is 2.86. The number of hydrogen-bond acceptors (Lipinski definition) is 3. The Morgan fingerprint density at radius 1 is 0.800 bits per heavy atom. The van der Waals surface area contributed by atoms with E-state index < -0.39 is 0 Å². The van der Waals surface area contributed by atoms with E-state index in [1.165, 1.54) is 22.3 Å². The van der Waals surface area contributed by atoms with Crippen molar-refractivity contribution in [2.24, 2.45) is 0 Å². The van der Waals surface area contributed by atoms with Crippen LogP contribution in [0.1, 0.15) is 17.0 Å². The Bertz CT molecular complexity index is 739. The van der Waals surface area contributed by atoms with Crippen molar-refractivity contribution < 1.29 is 4.42 Å². The highest BCUT2D eigenvalue weighted by molar-refractivity contribution is 5.74. The molecule has 1 heterocycles. The van der Waals surface area contributed by atoms with Crippen LogP contribution in [0.25, 0.3) is 22.6 Å². The highest BCUT2D eigenvalue weighted by Gasteiger charge is 2.09. The second-order valence-electron chi connectivity index (χ2n) is 4.97. The molecule has 0 unspecified atom stereocenters. The zero-order valence-electron chi connectivity index (χ0n) is 11.8. The molecular weight excluding hydrogens is 248 g/mol. The van der Waals surface area contributed by atoms with Gasteiger partial charge in [0.15, 0.2) is 0 Å². The summed E-state index contributed by atoms with van der Waals surface area (Å²) in [6.07, 6.45) is 0. The Morgan fingerprint density at radius 3 is 2.10 bits per heavy atom. The SMILES string of the molecule is Cc1nnc(-c2cccc(-c3c(C)cccc3C)c2)o1. The number of aryl methyl sites for hydroxylation is 3. The van der Waals surface area contributed by atoms with Crippen molar-refractivity contribution in [3.05, 3.63) is 59.5 Å². The number of rotatable bonds is 2. The second kappa shape index (κ2) is 4.93. The maximum Gasteiger partial charge on any atom is 0.247 e. The van der Waals surface area contributed by atoms with Crippen molar-refractivity contribution in [3.8, 4) is 22.6 Å². The van der Waals surface area contributed by atoms with Gasteiger partial charge in [0, 0.05) is 12.5 Å². The first-order valence-electron chi connectivity index (χ1n) is 6.62. The van der Waals surface area contributed by atoms with Gasteiger partial charge in [-0.25, -0.2) is 0 Å². The molecule has 100 valence electrons. The predicted molar refractivity (Wildman–Crippen MR) is 79.4 cm³/mol. The monoisotopic (exact) mass is 264 g/mol. The van der Waals surface area contributed by atoms with Gasteiger partial charge in [0.2, 0.25) is 11.8 Å². The Hall–Kier alpha value is -2.42. The first-order valence-corrected chi connectivity index (χ1v) is 6.62. The Balaban J connectivity index is 2.12. The standard InChI is InChI=1S/C17H16N2O/c1-11-6-4-7-12(2)16(11)14-8-5-9-15(10-14)17-19-18-13(3)20-17/h4-10H,1-3H3. The summed E-state index contributed by atoms with van der Waals surface area (Å²) in [5.74, 6) is 1.15. The summed E-state index contributed by atoms with van der Waals surface area (Å²) < 4.78 is 5.50. The van der Waals surface area contributed by atoms with Crippen LogP contribution >= 0.6 is 0 Å². The third-order valence-corrected chi connectivity index (χ3v) is 3.41. The van der Waals surface area contributed by atoms with Gasteiger partial charge in [0.05, 0.1) is 0 Å². The Kier molecular flexibility index (Phi) is 3.11. The zero-order chi connectivity index (χ0) is 14.1. The molecule has 0 amide bonds. The molecule has 0 aliphatic carbocycles. The second-order valence-corrected chi connectivity index (χ2v) is 4.97. The molecule has 0 N–H and O–H groups in total. The van der Waals surface area contributed by atoms with Gasteiger partial charge in [-0.1, -0.05) is 30.3 Å². The van der Waals surface area contributed by atoms with Crippen LogP contribution in [0.4, 0.5) is 0 Å². The van der Waals surface area contributed by atoms with Gasteiger partial charge in [0.25, 0.3) is 0 Å². The first-order chi connectivity index (χ1) is 9.65. The van der Waals surface area contributed by atoms with Gasteiger partial charge in [-0.15, -0.1) is 10.2 Å². The lowest BCUT2D eigenvalue weighted by molar-refractivity contribution is 0.533. The molecule has 0 bridgehead atoms. The van der Waals surface area contributed by atoms with Gasteiger partial charge in [0.1, 0.15) is 0 Å². The van der Waals surface area contributed by atoms with Crippen LogP contribution in [0.2, 0.25) is 0 Å². The van der Waals surface area contributed by atoms with E-state index in [1.807, 2.05) is 12.1 Å². The van der Waals surface area contributed by atoms with Crippen molar-refractivity contribution in [1.29, 1.82) is 0 Å². The predicted octanol–water partition coefficient (Wildman–Crippen LogP) is 4.33. The fourth-order valence-corrected chi connectivity index (χ4v) is 2.49. The summed E-state index contributed by atoms with van der Waals surface area (Å²) in [5.41, 5.74) is 5.93. The summed E-state index contributed by atoms with van der Waals surface area (Å²) in [6.45, 7) is 6.06. The lowest BCUT2D eigenvalue weighted by Gasteiger charge is -2.10. The maximum absolute atomic E-state index is 5.50. The van der Waals surface area contributed by atoms with Crippen molar-refractivity contribution in [3.63, 3.8) is 0 Å². The van der Waals surface area contributed by atoms with Crippen LogP contribution < -0.4 is 0 Å². The number of aromatic nitrogens is 2. The van der Waals surface area contributed by atoms with Gasteiger partial charge in [-0.3, -0.25) is 0 Å². The first kappa shape index (κ1) is 12.6. The molecule has 3 nitrogen and oxygen atoms in total. The van der Waals surface area contributed by atoms with Gasteiger partial charge < -0.3 is 4.42 Å². The number of benzene rings is 2. The van der Waals surface area contributed by atoms with Gasteiger partial charge in [-0.05, 0) is 48.2 Å². The molecule has 0 radical (unpaired) electrons. The minimum Gasteiger partial charge on any atom is -0.421 e. The maximum atomic E-state index is 5.50. The normalized spacial score (nSPS) is 10.8. The van der Waals surface area contributed by atoms with E-state index in [0.717, 1.165) is 5.56 Å². The molecule has 1 aromatic heterocycles. The average molecular weight is 264 g/mol. The topological polar surface area (TPSA) is 38.9 Å². The van der Waals surface area contributed by atoms with E-state index in [-0.39, 0.29) is 0 Å². The highest BCUT2D eigenvalue weighted by Crippen LogP contribution is 2.30. The summed E-state index contributed by atoms with van der Waals surface area (Å²) in [7, 11) is 0. The molecule has 0 fully saturated rings. The van der Waals surface area contributed by atoms with E-state index in [2.05, 4.69) is 54.4 Å². The van der Waals surface area contributed by atoms with Crippen LogP contribution in [0, 0.1) is 20.8 Å². The molecule has 0 saturated carbocycles. The van der Waals surface area contributed by atoms with Crippen molar-refractivity contribution >= 4 is 0 Å². The Labute approximate surface area is 118 Å². The molecule has 0 atom stereocenters. The van der Waals surface area contributed by atoms with Crippen LogP contribution in [0.5, 0.6) is 0 Å². The molecule has 0 saturated heterocycles. The quantitative estimate of drug-likeness (QED) is 0.691. The Morgan fingerprint density at radius 2 is 1.45 bits per heavy atom.